The van der Waals surface area contributed by atoms with Gasteiger partial charge in [-0.2, -0.15) is 5.10 Å². The van der Waals surface area contributed by atoms with Crippen molar-refractivity contribution >= 4 is 5.91 Å². The van der Waals surface area contributed by atoms with Gasteiger partial charge in [0, 0.05) is 36.7 Å². The molecular formula is C22H26FN3O4. The predicted octanol–water partition coefficient (Wildman–Crippen LogP) is 2.21. The van der Waals surface area contributed by atoms with E-state index in [1.54, 1.807) is 11.0 Å². The van der Waals surface area contributed by atoms with E-state index in [0.29, 0.717) is 25.3 Å². The highest BCUT2D eigenvalue weighted by Gasteiger charge is 2.43. The van der Waals surface area contributed by atoms with E-state index < -0.39 is 17.0 Å². The van der Waals surface area contributed by atoms with Crippen LogP contribution in [-0.4, -0.2) is 51.5 Å². The largest absolute Gasteiger partial charge is 0.497 e. The maximum atomic E-state index is 14.4. The lowest BCUT2D eigenvalue weighted by atomic mass is 9.71. The standard InChI is InChI=1S/C22H26FN3O4/c1-30-16-5-6-17(18(23)12-16)19-7-8-20(27)26(24-19)14-21(28)25-11-10-22(29)9-3-2-4-15(22)13-25/h5-8,12,15,29H,2-4,9-11,13-14H2,1H3/t15-,22+/m1/s1. The van der Waals surface area contributed by atoms with Crippen LogP contribution in [0.1, 0.15) is 32.1 Å². The molecule has 0 unspecified atom stereocenters. The zero-order valence-electron chi connectivity index (χ0n) is 17.0. The number of fused-ring (bicyclic) bond motifs is 1. The van der Waals surface area contributed by atoms with Gasteiger partial charge in [0.25, 0.3) is 5.56 Å². The van der Waals surface area contributed by atoms with Crippen LogP contribution in [0.15, 0.2) is 35.1 Å². The molecule has 8 heteroatoms. The molecule has 2 aromatic rings. The number of halogens is 1. The third-order valence-electron chi connectivity index (χ3n) is 6.38. The fraction of sp³-hybridized carbons (Fsp3) is 0.500. The van der Waals surface area contributed by atoms with Gasteiger partial charge < -0.3 is 14.7 Å². The van der Waals surface area contributed by atoms with Crippen molar-refractivity contribution in [2.75, 3.05) is 20.2 Å². The molecule has 1 aliphatic carbocycles. The summed E-state index contributed by atoms with van der Waals surface area (Å²) >= 11 is 0. The van der Waals surface area contributed by atoms with Gasteiger partial charge in [-0.3, -0.25) is 9.59 Å². The van der Waals surface area contributed by atoms with Crippen LogP contribution in [0.5, 0.6) is 5.75 Å². The molecule has 1 aliphatic heterocycles. The topological polar surface area (TPSA) is 84.7 Å². The minimum Gasteiger partial charge on any atom is -0.497 e. The van der Waals surface area contributed by atoms with Gasteiger partial charge in [-0.1, -0.05) is 12.8 Å². The van der Waals surface area contributed by atoms with Crippen LogP contribution in [0.3, 0.4) is 0 Å². The Balaban J connectivity index is 1.51. The average Bonchev–Trinajstić information content (AvgIpc) is 2.74. The van der Waals surface area contributed by atoms with Crippen molar-refractivity contribution in [3.63, 3.8) is 0 Å². The van der Waals surface area contributed by atoms with E-state index in [1.807, 2.05) is 0 Å². The molecule has 0 radical (unpaired) electrons. The molecule has 1 aromatic carbocycles. The first-order chi connectivity index (χ1) is 14.4. The van der Waals surface area contributed by atoms with Crippen molar-refractivity contribution in [3.05, 3.63) is 46.5 Å². The summed E-state index contributed by atoms with van der Waals surface area (Å²) in [7, 11) is 1.45. The number of carbonyl (C=O) groups excluding carboxylic acids is 1. The van der Waals surface area contributed by atoms with Gasteiger partial charge in [-0.25, -0.2) is 9.07 Å². The summed E-state index contributed by atoms with van der Waals surface area (Å²) in [5.74, 6) is -0.281. The molecule has 2 aliphatic rings. The van der Waals surface area contributed by atoms with Gasteiger partial charge in [0.05, 0.1) is 18.4 Å². The molecule has 1 amide bonds. The number of methoxy groups -OCH3 is 1. The number of nitrogens with zero attached hydrogens (tertiary/aromatic N) is 3. The number of aromatic nitrogens is 2. The normalized spacial score (nSPS) is 23.7. The Kier molecular flexibility index (Phi) is 5.60. The van der Waals surface area contributed by atoms with Crippen molar-refractivity contribution in [1.82, 2.24) is 14.7 Å². The van der Waals surface area contributed by atoms with Crippen LogP contribution in [0, 0.1) is 11.7 Å². The Morgan fingerprint density at radius 2 is 2.13 bits per heavy atom. The van der Waals surface area contributed by atoms with Gasteiger partial charge in [0.15, 0.2) is 0 Å². The number of amides is 1. The Hall–Kier alpha value is -2.74. The summed E-state index contributed by atoms with van der Waals surface area (Å²) in [6.45, 7) is 0.750. The Labute approximate surface area is 174 Å². The Bertz CT molecular complexity index is 1010. The molecule has 0 spiro atoms. The summed E-state index contributed by atoms with van der Waals surface area (Å²) < 4.78 is 20.5. The smallest absolute Gasteiger partial charge is 0.267 e. The highest BCUT2D eigenvalue weighted by atomic mass is 19.1. The van der Waals surface area contributed by atoms with Crippen molar-refractivity contribution in [3.8, 4) is 17.0 Å². The number of piperidine rings is 1. The highest BCUT2D eigenvalue weighted by molar-refractivity contribution is 5.76. The lowest BCUT2D eigenvalue weighted by molar-refractivity contribution is -0.144. The van der Waals surface area contributed by atoms with Gasteiger partial charge in [0.2, 0.25) is 5.91 Å². The molecule has 4 rings (SSSR count). The second-order valence-electron chi connectivity index (χ2n) is 8.20. The maximum absolute atomic E-state index is 14.4. The first kappa shape index (κ1) is 20.5. The maximum Gasteiger partial charge on any atom is 0.267 e. The van der Waals surface area contributed by atoms with E-state index in [4.69, 9.17) is 4.74 Å². The van der Waals surface area contributed by atoms with Crippen molar-refractivity contribution in [2.45, 2.75) is 44.2 Å². The van der Waals surface area contributed by atoms with Crippen molar-refractivity contribution in [1.29, 1.82) is 0 Å². The lowest BCUT2D eigenvalue weighted by Gasteiger charge is -2.47. The minimum absolute atomic E-state index is 0.0772. The number of hydrogen-bond donors (Lipinski definition) is 1. The van der Waals surface area contributed by atoms with E-state index in [1.165, 1.54) is 31.4 Å². The number of carbonyl (C=O) groups is 1. The summed E-state index contributed by atoms with van der Waals surface area (Å²) in [6.07, 6.45) is 4.34. The average molecular weight is 415 g/mol. The second kappa shape index (κ2) is 8.18. The molecule has 0 bridgehead atoms. The number of rotatable bonds is 4. The molecule has 1 saturated heterocycles. The van der Waals surface area contributed by atoms with Crippen molar-refractivity contribution in [2.24, 2.45) is 5.92 Å². The third-order valence-corrected chi connectivity index (χ3v) is 6.38. The second-order valence-corrected chi connectivity index (χ2v) is 8.20. The molecule has 2 fully saturated rings. The first-order valence-electron chi connectivity index (χ1n) is 10.3. The molecule has 7 nitrogen and oxygen atoms in total. The van der Waals surface area contributed by atoms with E-state index in [9.17, 15) is 19.1 Å². The van der Waals surface area contributed by atoms with Crippen LogP contribution >= 0.6 is 0 Å². The summed E-state index contributed by atoms with van der Waals surface area (Å²) in [5.41, 5.74) is -0.604. The van der Waals surface area contributed by atoms with Crippen molar-refractivity contribution < 1.29 is 19.0 Å². The van der Waals surface area contributed by atoms with Crippen LogP contribution in [-0.2, 0) is 11.3 Å². The molecule has 1 saturated carbocycles. The third kappa shape index (κ3) is 3.96. The SMILES string of the molecule is COc1ccc(-c2ccc(=O)n(CC(=O)N3CC[C@@]4(O)CCCC[C@@H]4C3)n2)c(F)c1. The molecule has 2 atom stereocenters. The van der Waals surface area contributed by atoms with Gasteiger partial charge >= 0.3 is 0 Å². The number of hydrogen-bond acceptors (Lipinski definition) is 5. The summed E-state index contributed by atoms with van der Waals surface area (Å²) in [6, 6.07) is 7.12. The predicted molar refractivity (Wildman–Crippen MR) is 109 cm³/mol. The van der Waals surface area contributed by atoms with E-state index >= 15 is 0 Å². The van der Waals surface area contributed by atoms with Crippen LogP contribution in [0.4, 0.5) is 4.39 Å². The Morgan fingerprint density at radius 3 is 2.90 bits per heavy atom. The number of likely N-dealkylation sites (tertiary alicyclic amines) is 1. The monoisotopic (exact) mass is 415 g/mol. The Morgan fingerprint density at radius 1 is 1.30 bits per heavy atom. The van der Waals surface area contributed by atoms with Crippen LogP contribution < -0.4 is 10.3 Å². The molecule has 30 heavy (non-hydrogen) atoms. The number of ether oxygens (including phenoxy) is 1. The van der Waals surface area contributed by atoms with Crippen LogP contribution in [0.25, 0.3) is 11.3 Å². The molecular weight excluding hydrogens is 389 g/mol. The molecule has 160 valence electrons. The first-order valence-corrected chi connectivity index (χ1v) is 10.3. The van der Waals surface area contributed by atoms with E-state index in [-0.39, 0.29) is 29.6 Å². The molecule has 2 heterocycles. The number of benzene rings is 1. The summed E-state index contributed by atoms with van der Waals surface area (Å²) in [4.78, 5) is 26.8. The molecule has 1 N–H and O–H groups in total. The number of aliphatic hydroxyl groups is 1. The van der Waals surface area contributed by atoms with Crippen LogP contribution in [0.2, 0.25) is 0 Å². The zero-order chi connectivity index (χ0) is 21.3. The summed E-state index contributed by atoms with van der Waals surface area (Å²) in [5, 5.41) is 15.0. The van der Waals surface area contributed by atoms with Gasteiger partial charge in [-0.15, -0.1) is 0 Å². The minimum atomic E-state index is -0.671. The quantitative estimate of drug-likeness (QED) is 0.828. The lowest BCUT2D eigenvalue weighted by Crippen LogP contribution is -2.55. The van der Waals surface area contributed by atoms with E-state index in [2.05, 4.69) is 5.10 Å². The highest BCUT2D eigenvalue weighted by Crippen LogP contribution is 2.39. The van der Waals surface area contributed by atoms with E-state index in [0.717, 1.165) is 30.4 Å². The van der Waals surface area contributed by atoms with Gasteiger partial charge in [-0.05, 0) is 37.5 Å². The molecule has 1 aromatic heterocycles. The van der Waals surface area contributed by atoms with Gasteiger partial charge in [0.1, 0.15) is 18.1 Å². The fourth-order valence-electron chi connectivity index (χ4n) is 4.56. The fourth-order valence-corrected chi connectivity index (χ4v) is 4.56. The zero-order valence-corrected chi connectivity index (χ0v) is 17.0.